The maximum absolute atomic E-state index is 9.44. The number of aliphatic hydroxyl groups is 1. The van der Waals surface area contributed by atoms with Gasteiger partial charge >= 0.3 is 0 Å². The van der Waals surface area contributed by atoms with Gasteiger partial charge in [-0.25, -0.2) is 0 Å². The molecule has 0 radical (unpaired) electrons. The number of nitrogens with zero attached hydrogens (tertiary/aromatic N) is 1. The molecule has 1 heterocycles. The standard InChI is InChI=1S/C16H25BrNO3.BrH/c1-20-15-10-13(14(17)11-16(15)21-2)12-18(8-9-19)6-4-3-5-7-18;/h10-11,19H,3-9,12H2,1-2H3;1H/q+1;/p-1. The summed E-state index contributed by atoms with van der Waals surface area (Å²) in [5.74, 6) is 1.50. The zero-order valence-electron chi connectivity index (χ0n) is 13.3. The quantitative estimate of drug-likeness (QED) is 0.633. The second-order valence-corrected chi connectivity index (χ2v) is 6.61. The Balaban J connectivity index is 0.00000242. The second-order valence-electron chi connectivity index (χ2n) is 5.75. The number of aliphatic hydroxyl groups excluding tert-OH is 1. The molecule has 1 fully saturated rings. The van der Waals surface area contributed by atoms with Crippen molar-refractivity contribution in [1.29, 1.82) is 0 Å². The van der Waals surface area contributed by atoms with Gasteiger partial charge in [-0.2, -0.15) is 0 Å². The lowest BCUT2D eigenvalue weighted by atomic mass is 10.0. The van der Waals surface area contributed by atoms with Gasteiger partial charge in [0.1, 0.15) is 13.1 Å². The van der Waals surface area contributed by atoms with Crippen LogP contribution in [0.1, 0.15) is 24.8 Å². The molecule has 2 rings (SSSR count). The maximum Gasteiger partial charge on any atom is 0.161 e. The predicted molar refractivity (Wildman–Crippen MR) is 86.7 cm³/mol. The molecular weight excluding hydrogens is 414 g/mol. The van der Waals surface area contributed by atoms with Crippen molar-refractivity contribution < 1.29 is 36.0 Å². The minimum atomic E-state index is 0. The number of hydrogen-bond donors (Lipinski definition) is 1. The topological polar surface area (TPSA) is 38.7 Å². The molecule has 1 aliphatic heterocycles. The summed E-state index contributed by atoms with van der Waals surface area (Å²) in [6, 6.07) is 4.02. The Morgan fingerprint density at radius 3 is 2.23 bits per heavy atom. The number of quaternary nitrogens is 1. The Kier molecular flexibility index (Phi) is 8.17. The van der Waals surface area contributed by atoms with Crippen molar-refractivity contribution in [2.45, 2.75) is 25.8 Å². The molecule has 1 aliphatic rings. The van der Waals surface area contributed by atoms with Crippen molar-refractivity contribution in [3.63, 3.8) is 0 Å². The number of hydrogen-bond acceptors (Lipinski definition) is 3. The van der Waals surface area contributed by atoms with Crippen molar-refractivity contribution in [3.05, 3.63) is 22.2 Å². The minimum absolute atomic E-state index is 0. The lowest BCUT2D eigenvalue weighted by Gasteiger charge is -2.41. The molecule has 1 aromatic carbocycles. The molecule has 4 nitrogen and oxygen atoms in total. The summed E-state index contributed by atoms with van der Waals surface area (Å²) in [7, 11) is 3.31. The van der Waals surface area contributed by atoms with Crippen LogP contribution >= 0.6 is 15.9 Å². The zero-order chi connectivity index (χ0) is 15.3. The molecule has 22 heavy (non-hydrogen) atoms. The molecule has 1 aromatic rings. The highest BCUT2D eigenvalue weighted by Gasteiger charge is 2.30. The van der Waals surface area contributed by atoms with E-state index in [-0.39, 0.29) is 23.6 Å². The highest BCUT2D eigenvalue weighted by Crippen LogP contribution is 2.35. The molecule has 0 spiro atoms. The molecule has 126 valence electrons. The third kappa shape index (κ3) is 4.60. The molecule has 0 aromatic heterocycles. The van der Waals surface area contributed by atoms with Gasteiger partial charge in [-0.3, -0.25) is 0 Å². The van der Waals surface area contributed by atoms with E-state index in [2.05, 4.69) is 22.0 Å². The Bertz CT molecular complexity index is 471. The van der Waals surface area contributed by atoms with Crippen molar-refractivity contribution in [3.8, 4) is 11.5 Å². The summed E-state index contributed by atoms with van der Waals surface area (Å²) in [5, 5.41) is 9.44. The monoisotopic (exact) mass is 437 g/mol. The number of piperidine rings is 1. The molecule has 0 bridgehead atoms. The third-order valence-corrected chi connectivity index (χ3v) is 5.14. The van der Waals surface area contributed by atoms with Gasteiger partial charge in [-0.15, -0.1) is 0 Å². The van der Waals surface area contributed by atoms with Gasteiger partial charge < -0.3 is 36.0 Å². The number of halogens is 2. The van der Waals surface area contributed by atoms with Crippen molar-refractivity contribution in [2.75, 3.05) is 40.5 Å². The molecule has 0 amide bonds. The van der Waals surface area contributed by atoms with Gasteiger partial charge in [-0.05, 0) is 31.4 Å². The first kappa shape index (κ1) is 19.7. The lowest BCUT2D eigenvalue weighted by Crippen LogP contribution is -3.00. The highest BCUT2D eigenvalue weighted by atomic mass is 79.9. The van der Waals surface area contributed by atoms with Gasteiger partial charge in [0.25, 0.3) is 0 Å². The van der Waals surface area contributed by atoms with Crippen LogP contribution in [0.4, 0.5) is 0 Å². The normalized spacial score (nSPS) is 16.7. The van der Waals surface area contributed by atoms with E-state index in [9.17, 15) is 5.11 Å². The maximum atomic E-state index is 9.44. The number of ether oxygens (including phenoxy) is 2. The van der Waals surface area contributed by atoms with E-state index in [1.807, 2.05) is 6.07 Å². The van der Waals surface area contributed by atoms with Gasteiger partial charge in [0.2, 0.25) is 0 Å². The molecule has 0 saturated carbocycles. The summed E-state index contributed by atoms with van der Waals surface area (Å²) in [6.07, 6.45) is 3.79. The van der Waals surface area contributed by atoms with Gasteiger partial charge in [-0.1, -0.05) is 15.9 Å². The van der Waals surface area contributed by atoms with E-state index >= 15 is 0 Å². The van der Waals surface area contributed by atoms with Crippen LogP contribution in [-0.4, -0.2) is 50.1 Å². The van der Waals surface area contributed by atoms with Crippen LogP contribution in [0.25, 0.3) is 0 Å². The van der Waals surface area contributed by atoms with Crippen molar-refractivity contribution in [2.24, 2.45) is 0 Å². The van der Waals surface area contributed by atoms with Crippen LogP contribution in [-0.2, 0) is 6.54 Å². The van der Waals surface area contributed by atoms with E-state index < -0.39 is 0 Å². The van der Waals surface area contributed by atoms with Crippen molar-refractivity contribution in [1.82, 2.24) is 0 Å². The SMILES string of the molecule is COc1cc(Br)c(C[N+]2(CCO)CCCCC2)cc1OC.[Br-]. The molecule has 0 aliphatic carbocycles. The van der Waals surface area contributed by atoms with Crippen LogP contribution in [0.15, 0.2) is 16.6 Å². The van der Waals surface area contributed by atoms with Crippen LogP contribution < -0.4 is 26.5 Å². The summed E-state index contributed by atoms with van der Waals surface area (Å²) in [5.41, 5.74) is 1.21. The van der Waals surface area contributed by atoms with Crippen LogP contribution in [0.2, 0.25) is 0 Å². The highest BCUT2D eigenvalue weighted by molar-refractivity contribution is 9.10. The first-order valence-corrected chi connectivity index (χ1v) is 8.30. The average molecular weight is 439 g/mol. The van der Waals surface area contributed by atoms with E-state index in [0.29, 0.717) is 0 Å². The molecule has 0 unspecified atom stereocenters. The second kappa shape index (κ2) is 9.11. The van der Waals surface area contributed by atoms with Crippen LogP contribution in [0, 0.1) is 0 Å². The number of methoxy groups -OCH3 is 2. The van der Waals surface area contributed by atoms with Gasteiger partial charge in [0, 0.05) is 10.0 Å². The van der Waals surface area contributed by atoms with Gasteiger partial charge in [0.15, 0.2) is 11.5 Å². The molecule has 0 atom stereocenters. The number of likely N-dealkylation sites (tertiary alicyclic amines) is 1. The Hall–Kier alpha value is -0.300. The Labute approximate surface area is 151 Å². The minimum Gasteiger partial charge on any atom is -1.00 e. The Morgan fingerprint density at radius 2 is 1.68 bits per heavy atom. The fourth-order valence-electron chi connectivity index (χ4n) is 3.23. The summed E-state index contributed by atoms with van der Waals surface area (Å²) >= 11 is 3.65. The van der Waals surface area contributed by atoms with E-state index in [1.54, 1.807) is 14.2 Å². The molecular formula is C16H25Br2NO3. The fraction of sp³-hybridized carbons (Fsp3) is 0.625. The van der Waals surface area contributed by atoms with E-state index in [0.717, 1.165) is 46.6 Å². The smallest absolute Gasteiger partial charge is 0.161 e. The summed E-state index contributed by atoms with van der Waals surface area (Å²) in [4.78, 5) is 0. The van der Waals surface area contributed by atoms with E-state index in [1.165, 1.54) is 24.8 Å². The summed E-state index contributed by atoms with van der Waals surface area (Å²) in [6.45, 7) is 4.26. The number of rotatable bonds is 6. The van der Waals surface area contributed by atoms with Crippen LogP contribution in [0.5, 0.6) is 11.5 Å². The first-order chi connectivity index (χ1) is 10.1. The van der Waals surface area contributed by atoms with Crippen molar-refractivity contribution >= 4 is 15.9 Å². The predicted octanol–water partition coefficient (Wildman–Crippen LogP) is -0.0367. The lowest BCUT2D eigenvalue weighted by molar-refractivity contribution is -0.945. The molecule has 1 saturated heterocycles. The third-order valence-electron chi connectivity index (χ3n) is 4.40. The number of benzene rings is 1. The van der Waals surface area contributed by atoms with Gasteiger partial charge in [0.05, 0.1) is 33.9 Å². The Morgan fingerprint density at radius 1 is 1.09 bits per heavy atom. The molecule has 6 heteroatoms. The zero-order valence-corrected chi connectivity index (χ0v) is 16.5. The summed E-state index contributed by atoms with van der Waals surface area (Å²) < 4.78 is 12.8. The van der Waals surface area contributed by atoms with Crippen LogP contribution in [0.3, 0.4) is 0 Å². The van der Waals surface area contributed by atoms with E-state index in [4.69, 9.17) is 9.47 Å². The first-order valence-electron chi connectivity index (χ1n) is 7.50. The largest absolute Gasteiger partial charge is 1.00 e. The average Bonchev–Trinajstić information content (AvgIpc) is 2.50. The fourth-order valence-corrected chi connectivity index (χ4v) is 3.68. The molecule has 1 N–H and O–H groups in total.